The van der Waals surface area contributed by atoms with Crippen molar-refractivity contribution >= 4 is 17.2 Å². The van der Waals surface area contributed by atoms with Crippen LogP contribution in [0.5, 0.6) is 5.75 Å². The predicted octanol–water partition coefficient (Wildman–Crippen LogP) is 3.64. The number of ether oxygens (including phenoxy) is 1. The van der Waals surface area contributed by atoms with Gasteiger partial charge in [0.1, 0.15) is 5.75 Å². The molecule has 0 aliphatic heterocycles. The Morgan fingerprint density at radius 2 is 1.72 bits per heavy atom. The zero-order chi connectivity index (χ0) is 13.0. The zero-order valence-electron chi connectivity index (χ0n) is 10.4. The molecule has 0 aromatic heterocycles. The van der Waals surface area contributed by atoms with Gasteiger partial charge in [0.2, 0.25) is 0 Å². The molecule has 2 aromatic rings. The van der Waals surface area contributed by atoms with Crippen molar-refractivity contribution in [3.8, 4) is 5.75 Å². The van der Waals surface area contributed by atoms with Gasteiger partial charge in [-0.3, -0.25) is 4.79 Å². The second kappa shape index (κ2) is 5.36. The first-order valence-electron chi connectivity index (χ1n) is 5.71. The van der Waals surface area contributed by atoms with E-state index in [2.05, 4.69) is 5.32 Å². The van der Waals surface area contributed by atoms with E-state index >= 15 is 0 Å². The molecule has 2 rings (SSSR count). The number of nitrogens with one attached hydrogen (secondary N) is 1. The molecule has 3 heteroatoms. The molecular formula is C15H15NO2. The number of anilines is 2. The number of ketones is 1. The Bertz CT molecular complexity index is 564. The molecular weight excluding hydrogens is 226 g/mol. The lowest BCUT2D eigenvalue weighted by Gasteiger charge is -2.08. The molecule has 0 aliphatic carbocycles. The molecule has 0 amide bonds. The highest BCUT2D eigenvalue weighted by Crippen LogP contribution is 2.21. The van der Waals surface area contributed by atoms with Crippen LogP contribution >= 0.6 is 0 Å². The number of hydrogen-bond donors (Lipinski definition) is 1. The molecule has 0 heterocycles. The molecule has 18 heavy (non-hydrogen) atoms. The van der Waals surface area contributed by atoms with Crippen LogP contribution in [0.1, 0.15) is 17.3 Å². The third-order valence-electron chi connectivity index (χ3n) is 2.63. The summed E-state index contributed by atoms with van der Waals surface area (Å²) in [6, 6.07) is 15.1. The van der Waals surface area contributed by atoms with E-state index in [1.807, 2.05) is 42.5 Å². The Morgan fingerprint density at radius 3 is 2.39 bits per heavy atom. The van der Waals surface area contributed by atoms with E-state index < -0.39 is 0 Å². The minimum Gasteiger partial charge on any atom is -0.497 e. The average Bonchev–Trinajstić information content (AvgIpc) is 2.39. The van der Waals surface area contributed by atoms with Crippen molar-refractivity contribution in [1.82, 2.24) is 0 Å². The Labute approximate surface area is 106 Å². The van der Waals surface area contributed by atoms with Crippen molar-refractivity contribution in [3.05, 3.63) is 54.1 Å². The highest BCUT2D eigenvalue weighted by atomic mass is 16.5. The molecule has 0 saturated carbocycles. The average molecular weight is 241 g/mol. The summed E-state index contributed by atoms with van der Waals surface area (Å²) in [6.45, 7) is 1.56. The van der Waals surface area contributed by atoms with E-state index in [9.17, 15) is 4.79 Å². The summed E-state index contributed by atoms with van der Waals surface area (Å²) in [4.78, 5) is 11.3. The van der Waals surface area contributed by atoms with Gasteiger partial charge in [-0.05, 0) is 31.2 Å². The Hall–Kier alpha value is -2.29. The number of carbonyl (C=O) groups excluding carboxylic acids is 1. The number of carbonyl (C=O) groups is 1. The maximum absolute atomic E-state index is 11.3. The Kier molecular flexibility index (Phi) is 3.63. The van der Waals surface area contributed by atoms with Crippen LogP contribution in [0.2, 0.25) is 0 Å². The predicted molar refractivity (Wildman–Crippen MR) is 72.7 cm³/mol. The fourth-order valence-electron chi connectivity index (χ4n) is 1.68. The van der Waals surface area contributed by atoms with E-state index in [1.54, 1.807) is 20.1 Å². The summed E-state index contributed by atoms with van der Waals surface area (Å²) in [6.07, 6.45) is 0. The molecule has 0 fully saturated rings. The number of benzene rings is 2. The minimum absolute atomic E-state index is 0.0595. The largest absolute Gasteiger partial charge is 0.497 e. The van der Waals surface area contributed by atoms with Crippen LogP contribution in [-0.2, 0) is 0 Å². The van der Waals surface area contributed by atoms with Crippen LogP contribution in [0, 0.1) is 0 Å². The van der Waals surface area contributed by atoms with Gasteiger partial charge >= 0.3 is 0 Å². The van der Waals surface area contributed by atoms with E-state index in [4.69, 9.17) is 4.74 Å². The van der Waals surface area contributed by atoms with Gasteiger partial charge < -0.3 is 10.1 Å². The zero-order valence-corrected chi connectivity index (χ0v) is 10.4. The van der Waals surface area contributed by atoms with Crippen LogP contribution in [0.3, 0.4) is 0 Å². The summed E-state index contributed by atoms with van der Waals surface area (Å²) in [5.74, 6) is 0.854. The molecule has 0 radical (unpaired) electrons. The lowest BCUT2D eigenvalue weighted by Crippen LogP contribution is -1.95. The summed E-state index contributed by atoms with van der Waals surface area (Å²) >= 11 is 0. The highest BCUT2D eigenvalue weighted by Gasteiger charge is 2.01. The third kappa shape index (κ3) is 2.88. The van der Waals surface area contributed by atoms with Gasteiger partial charge in [-0.15, -0.1) is 0 Å². The summed E-state index contributed by atoms with van der Waals surface area (Å²) < 4.78 is 5.16. The van der Waals surface area contributed by atoms with Crippen molar-refractivity contribution in [3.63, 3.8) is 0 Å². The van der Waals surface area contributed by atoms with E-state index in [0.29, 0.717) is 5.56 Å². The summed E-state index contributed by atoms with van der Waals surface area (Å²) in [5, 5.41) is 3.24. The Balaban J connectivity index is 2.22. The molecule has 0 unspecified atom stereocenters. The van der Waals surface area contributed by atoms with Gasteiger partial charge in [0, 0.05) is 23.0 Å². The molecule has 2 aromatic carbocycles. The smallest absolute Gasteiger partial charge is 0.159 e. The van der Waals surface area contributed by atoms with Crippen molar-refractivity contribution in [2.45, 2.75) is 6.92 Å². The van der Waals surface area contributed by atoms with Crippen molar-refractivity contribution in [2.75, 3.05) is 12.4 Å². The second-order valence-corrected chi connectivity index (χ2v) is 3.99. The van der Waals surface area contributed by atoms with Crippen LogP contribution in [-0.4, -0.2) is 12.9 Å². The number of methoxy groups -OCH3 is 1. The molecule has 0 aliphatic rings. The Morgan fingerprint density at radius 1 is 1.06 bits per heavy atom. The normalized spacial score (nSPS) is 9.89. The van der Waals surface area contributed by atoms with Crippen molar-refractivity contribution in [2.24, 2.45) is 0 Å². The highest BCUT2D eigenvalue weighted by molar-refractivity contribution is 5.95. The van der Waals surface area contributed by atoms with Gasteiger partial charge in [-0.1, -0.05) is 18.2 Å². The van der Waals surface area contributed by atoms with Gasteiger partial charge in [-0.25, -0.2) is 0 Å². The van der Waals surface area contributed by atoms with Crippen LogP contribution in [0.4, 0.5) is 11.4 Å². The van der Waals surface area contributed by atoms with Crippen LogP contribution < -0.4 is 10.1 Å². The lowest BCUT2D eigenvalue weighted by molar-refractivity contribution is 0.101. The quantitative estimate of drug-likeness (QED) is 0.830. The number of rotatable bonds is 4. The first kappa shape index (κ1) is 12.2. The van der Waals surface area contributed by atoms with Gasteiger partial charge in [-0.2, -0.15) is 0 Å². The van der Waals surface area contributed by atoms with Gasteiger partial charge in [0.15, 0.2) is 5.78 Å². The monoisotopic (exact) mass is 241 g/mol. The summed E-state index contributed by atoms with van der Waals surface area (Å²) in [7, 11) is 1.63. The fourth-order valence-corrected chi connectivity index (χ4v) is 1.68. The number of Topliss-reactive ketones (excluding diaryl/α,β-unsaturated/α-hetero) is 1. The lowest BCUT2D eigenvalue weighted by atomic mass is 10.1. The second-order valence-electron chi connectivity index (χ2n) is 3.99. The SMILES string of the molecule is COc1cccc(Nc2cccc(C(C)=O)c2)c1. The molecule has 92 valence electrons. The molecule has 0 spiro atoms. The first-order valence-corrected chi connectivity index (χ1v) is 5.71. The maximum atomic E-state index is 11.3. The standard InChI is InChI=1S/C15H15NO2/c1-11(17)12-5-3-6-13(9-12)16-14-7-4-8-15(10-14)18-2/h3-10,16H,1-2H3. The number of hydrogen-bond acceptors (Lipinski definition) is 3. The van der Waals surface area contributed by atoms with Crippen LogP contribution in [0.25, 0.3) is 0 Å². The van der Waals surface area contributed by atoms with Gasteiger partial charge in [0.05, 0.1) is 7.11 Å². The fraction of sp³-hybridized carbons (Fsp3) is 0.133. The van der Waals surface area contributed by atoms with Crippen molar-refractivity contribution < 1.29 is 9.53 Å². The molecule has 1 N–H and O–H groups in total. The van der Waals surface area contributed by atoms with Crippen LogP contribution in [0.15, 0.2) is 48.5 Å². The third-order valence-corrected chi connectivity index (χ3v) is 2.63. The van der Waals surface area contributed by atoms with E-state index in [0.717, 1.165) is 17.1 Å². The maximum Gasteiger partial charge on any atom is 0.159 e. The van der Waals surface area contributed by atoms with E-state index in [1.165, 1.54) is 0 Å². The molecule has 3 nitrogen and oxygen atoms in total. The first-order chi connectivity index (χ1) is 8.69. The minimum atomic E-state index is 0.0595. The van der Waals surface area contributed by atoms with Gasteiger partial charge in [0.25, 0.3) is 0 Å². The van der Waals surface area contributed by atoms with Crippen molar-refractivity contribution in [1.29, 1.82) is 0 Å². The topological polar surface area (TPSA) is 38.3 Å². The molecule has 0 atom stereocenters. The van der Waals surface area contributed by atoms with E-state index in [-0.39, 0.29) is 5.78 Å². The molecule has 0 bridgehead atoms. The summed E-state index contributed by atoms with van der Waals surface area (Å²) in [5.41, 5.74) is 2.51. The molecule has 0 saturated heterocycles.